The van der Waals surface area contributed by atoms with Gasteiger partial charge in [0.05, 0.1) is 0 Å². The molecule has 0 bridgehead atoms. The third kappa shape index (κ3) is 2.54. The summed E-state index contributed by atoms with van der Waals surface area (Å²) in [5.41, 5.74) is 10.3. The molecular weight excluding hydrogens is 224 g/mol. The standard InChI is InChI=1S/C4H5BrN4O.C2H6/c5-4-8-1(3(7)10)2(6)9-4;1-2/h6H2,(H2,7,10)(H,8,9);1-2H3. The summed E-state index contributed by atoms with van der Waals surface area (Å²) in [6.45, 7) is 4.00. The summed E-state index contributed by atoms with van der Waals surface area (Å²) in [7, 11) is 0. The number of aromatic amines is 1. The van der Waals surface area contributed by atoms with Gasteiger partial charge < -0.3 is 16.5 Å². The van der Waals surface area contributed by atoms with Crippen LogP contribution in [0.1, 0.15) is 24.3 Å². The maximum Gasteiger partial charge on any atom is 0.269 e. The number of halogens is 1. The van der Waals surface area contributed by atoms with Crippen LogP contribution in [0.3, 0.4) is 0 Å². The first kappa shape index (κ1) is 11.0. The fourth-order valence-electron chi connectivity index (χ4n) is 0.545. The van der Waals surface area contributed by atoms with Gasteiger partial charge in [0.15, 0.2) is 10.6 Å². The first-order valence-electron chi connectivity index (χ1n) is 3.42. The lowest BCUT2D eigenvalue weighted by Crippen LogP contribution is -2.13. The number of anilines is 1. The Labute approximate surface area is 78.7 Å². The molecule has 0 saturated heterocycles. The number of rotatable bonds is 1. The fraction of sp³-hybridized carbons (Fsp3) is 0.333. The molecule has 0 fully saturated rings. The zero-order chi connectivity index (χ0) is 9.72. The van der Waals surface area contributed by atoms with Gasteiger partial charge in [0.25, 0.3) is 5.91 Å². The molecule has 0 aromatic carbocycles. The van der Waals surface area contributed by atoms with E-state index in [1.54, 1.807) is 0 Å². The van der Waals surface area contributed by atoms with E-state index in [9.17, 15) is 4.79 Å². The van der Waals surface area contributed by atoms with Crippen molar-refractivity contribution in [3.63, 3.8) is 0 Å². The Hall–Kier alpha value is -1.04. The van der Waals surface area contributed by atoms with Crippen LogP contribution >= 0.6 is 15.9 Å². The summed E-state index contributed by atoms with van der Waals surface area (Å²) < 4.78 is 0.402. The predicted octanol–water partition coefficient (Wildman–Crippen LogP) is 0.880. The highest BCUT2D eigenvalue weighted by atomic mass is 79.9. The van der Waals surface area contributed by atoms with E-state index in [0.29, 0.717) is 4.73 Å². The molecular formula is C6H11BrN4O. The Morgan fingerprint density at radius 3 is 2.25 bits per heavy atom. The molecule has 0 atom stereocenters. The van der Waals surface area contributed by atoms with Crippen LogP contribution in [0.25, 0.3) is 0 Å². The van der Waals surface area contributed by atoms with Crippen molar-refractivity contribution in [1.29, 1.82) is 0 Å². The first-order chi connectivity index (χ1) is 5.61. The van der Waals surface area contributed by atoms with Gasteiger partial charge >= 0.3 is 0 Å². The highest BCUT2D eigenvalue weighted by Crippen LogP contribution is 2.11. The van der Waals surface area contributed by atoms with Gasteiger partial charge in [-0.25, -0.2) is 4.98 Å². The van der Waals surface area contributed by atoms with Crippen LogP contribution in [0.4, 0.5) is 5.82 Å². The van der Waals surface area contributed by atoms with Gasteiger partial charge in [0.2, 0.25) is 0 Å². The summed E-state index contributed by atoms with van der Waals surface area (Å²) in [6.07, 6.45) is 0. The smallest absolute Gasteiger partial charge is 0.269 e. The minimum Gasteiger partial charge on any atom is -0.382 e. The number of nitrogens with zero attached hydrogens (tertiary/aromatic N) is 1. The molecule has 0 aliphatic carbocycles. The van der Waals surface area contributed by atoms with E-state index in [1.807, 2.05) is 13.8 Å². The van der Waals surface area contributed by atoms with Gasteiger partial charge in [0, 0.05) is 0 Å². The monoisotopic (exact) mass is 234 g/mol. The molecule has 0 radical (unpaired) electrons. The van der Waals surface area contributed by atoms with Gasteiger partial charge in [-0.3, -0.25) is 4.79 Å². The third-order valence-corrected chi connectivity index (χ3v) is 1.32. The largest absolute Gasteiger partial charge is 0.382 e. The van der Waals surface area contributed by atoms with Crippen molar-refractivity contribution in [2.24, 2.45) is 5.73 Å². The van der Waals surface area contributed by atoms with Crippen LogP contribution in [0, 0.1) is 0 Å². The zero-order valence-electron chi connectivity index (χ0n) is 6.89. The van der Waals surface area contributed by atoms with E-state index in [-0.39, 0.29) is 11.5 Å². The van der Waals surface area contributed by atoms with Gasteiger partial charge in [0.1, 0.15) is 5.69 Å². The molecule has 0 unspecified atom stereocenters. The zero-order valence-corrected chi connectivity index (χ0v) is 8.47. The predicted molar refractivity (Wildman–Crippen MR) is 50.6 cm³/mol. The highest BCUT2D eigenvalue weighted by Gasteiger charge is 2.09. The van der Waals surface area contributed by atoms with Gasteiger partial charge in [-0.05, 0) is 15.9 Å². The van der Waals surface area contributed by atoms with Crippen molar-refractivity contribution >= 4 is 27.7 Å². The molecule has 0 aliphatic heterocycles. The van der Waals surface area contributed by atoms with E-state index in [2.05, 4.69) is 25.9 Å². The van der Waals surface area contributed by atoms with Gasteiger partial charge in [-0.1, -0.05) is 13.8 Å². The quantitative estimate of drug-likeness (QED) is 0.673. The summed E-state index contributed by atoms with van der Waals surface area (Å²) in [4.78, 5) is 16.7. The second-order valence-corrected chi connectivity index (χ2v) is 2.40. The van der Waals surface area contributed by atoms with Crippen LogP contribution in [0.15, 0.2) is 4.73 Å². The van der Waals surface area contributed by atoms with E-state index in [4.69, 9.17) is 11.5 Å². The van der Waals surface area contributed by atoms with Gasteiger partial charge in [-0.2, -0.15) is 0 Å². The number of imidazole rings is 1. The van der Waals surface area contributed by atoms with Crippen molar-refractivity contribution in [2.45, 2.75) is 13.8 Å². The van der Waals surface area contributed by atoms with Crippen molar-refractivity contribution in [2.75, 3.05) is 5.73 Å². The summed E-state index contributed by atoms with van der Waals surface area (Å²) in [6, 6.07) is 0. The maximum atomic E-state index is 10.5. The van der Waals surface area contributed by atoms with Gasteiger partial charge in [-0.15, -0.1) is 0 Å². The lowest BCUT2D eigenvalue weighted by atomic mass is 10.4. The Balaban J connectivity index is 0.000000561. The lowest BCUT2D eigenvalue weighted by Gasteiger charge is -1.87. The SMILES string of the molecule is CC.NC(=O)c1[nH]c(Br)nc1N. The lowest BCUT2D eigenvalue weighted by molar-refractivity contribution is 0.0997. The fourth-order valence-corrected chi connectivity index (χ4v) is 0.934. The summed E-state index contributed by atoms with van der Waals surface area (Å²) in [5, 5.41) is 0. The topological polar surface area (TPSA) is 97.8 Å². The minimum absolute atomic E-state index is 0.111. The number of nitrogens with two attached hydrogens (primary N) is 2. The number of amides is 1. The normalized spacial score (nSPS) is 8.58. The molecule has 0 aliphatic rings. The Morgan fingerprint density at radius 1 is 1.58 bits per heavy atom. The maximum absolute atomic E-state index is 10.5. The molecule has 6 heteroatoms. The summed E-state index contributed by atoms with van der Waals surface area (Å²) >= 11 is 3.00. The molecule has 0 saturated carbocycles. The number of hydrogen-bond acceptors (Lipinski definition) is 3. The Bertz CT molecular complexity index is 271. The number of carbonyl (C=O) groups excluding carboxylic acids is 1. The summed E-state index contributed by atoms with van der Waals surface area (Å²) in [5.74, 6) is -0.505. The average Bonchev–Trinajstić information content (AvgIpc) is 2.34. The number of nitrogen functional groups attached to an aromatic ring is 1. The van der Waals surface area contributed by atoms with Crippen LogP contribution in [0.5, 0.6) is 0 Å². The number of H-pyrrole nitrogens is 1. The molecule has 68 valence electrons. The van der Waals surface area contributed by atoms with E-state index in [0.717, 1.165) is 0 Å². The Kier molecular flexibility index (Phi) is 4.35. The second kappa shape index (κ2) is 4.76. The van der Waals surface area contributed by atoms with Crippen LogP contribution < -0.4 is 11.5 Å². The van der Waals surface area contributed by atoms with Crippen LogP contribution in [0.2, 0.25) is 0 Å². The van der Waals surface area contributed by atoms with E-state index < -0.39 is 5.91 Å². The Morgan fingerprint density at radius 2 is 2.08 bits per heavy atom. The molecule has 5 nitrogen and oxygen atoms in total. The molecule has 1 heterocycles. The third-order valence-electron chi connectivity index (χ3n) is 0.949. The van der Waals surface area contributed by atoms with Crippen LogP contribution in [-0.2, 0) is 0 Å². The molecule has 12 heavy (non-hydrogen) atoms. The average molecular weight is 235 g/mol. The number of primary amides is 1. The van der Waals surface area contributed by atoms with E-state index >= 15 is 0 Å². The first-order valence-corrected chi connectivity index (χ1v) is 4.21. The molecule has 1 rings (SSSR count). The number of aromatic nitrogens is 2. The van der Waals surface area contributed by atoms with E-state index in [1.165, 1.54) is 0 Å². The van der Waals surface area contributed by atoms with Crippen molar-refractivity contribution in [1.82, 2.24) is 9.97 Å². The number of nitrogens with one attached hydrogen (secondary N) is 1. The molecule has 5 N–H and O–H groups in total. The minimum atomic E-state index is -0.615. The van der Waals surface area contributed by atoms with Crippen LogP contribution in [-0.4, -0.2) is 15.9 Å². The number of hydrogen-bond donors (Lipinski definition) is 3. The van der Waals surface area contributed by atoms with Crippen molar-refractivity contribution < 1.29 is 4.79 Å². The second-order valence-electron chi connectivity index (χ2n) is 1.65. The molecule has 0 spiro atoms. The molecule has 1 aromatic rings. The van der Waals surface area contributed by atoms with Crippen molar-refractivity contribution in [3.05, 3.63) is 10.4 Å². The number of carbonyl (C=O) groups is 1. The van der Waals surface area contributed by atoms with Crippen molar-refractivity contribution in [3.8, 4) is 0 Å². The molecule has 1 amide bonds. The molecule has 1 aromatic heterocycles. The highest BCUT2D eigenvalue weighted by molar-refractivity contribution is 9.10.